The first-order valence-electron chi connectivity index (χ1n) is 7.46. The van der Waals surface area contributed by atoms with Gasteiger partial charge in [-0.3, -0.25) is 4.79 Å². The van der Waals surface area contributed by atoms with Crippen LogP contribution in [0.2, 0.25) is 0 Å². The van der Waals surface area contributed by atoms with Gasteiger partial charge in [0.05, 0.1) is 0 Å². The third-order valence-electron chi connectivity index (χ3n) is 3.46. The van der Waals surface area contributed by atoms with Gasteiger partial charge >= 0.3 is 0 Å². The molecule has 1 N–H and O–H groups in total. The monoisotopic (exact) mass is 332 g/mol. The van der Waals surface area contributed by atoms with Gasteiger partial charge in [0.1, 0.15) is 5.82 Å². The van der Waals surface area contributed by atoms with E-state index in [0.717, 1.165) is 11.3 Å². The maximum atomic E-state index is 13.2. The highest BCUT2D eigenvalue weighted by atomic mass is 32.1. The van der Waals surface area contributed by atoms with Crippen LogP contribution >= 0.6 is 11.3 Å². The first kappa shape index (κ1) is 15.6. The Labute approximate surface area is 136 Å². The van der Waals surface area contributed by atoms with E-state index in [2.05, 4.69) is 15.4 Å². The van der Waals surface area contributed by atoms with Crippen molar-refractivity contribution in [1.82, 2.24) is 14.6 Å². The van der Waals surface area contributed by atoms with Gasteiger partial charge in [-0.05, 0) is 37.5 Å². The predicted octanol–water partition coefficient (Wildman–Crippen LogP) is 2.90. The molecule has 0 aliphatic heterocycles. The normalized spacial score (nSPS) is 12.5. The lowest BCUT2D eigenvalue weighted by atomic mass is 10.1. The third kappa shape index (κ3) is 3.56. The summed E-state index contributed by atoms with van der Waals surface area (Å²) in [5.74, 6) is -0.238. The summed E-state index contributed by atoms with van der Waals surface area (Å²) in [6, 6.07) is 8.10. The van der Waals surface area contributed by atoms with Crippen molar-refractivity contribution in [2.75, 3.05) is 5.32 Å². The molecule has 1 aromatic carbocycles. The highest BCUT2D eigenvalue weighted by Gasteiger charge is 2.11. The molecule has 3 rings (SSSR count). The Kier molecular flexibility index (Phi) is 4.38. The molecule has 2 heterocycles. The van der Waals surface area contributed by atoms with Gasteiger partial charge in [-0.15, -0.1) is 5.10 Å². The number of fused-ring (bicyclic) bond motifs is 1. The molecule has 0 aliphatic rings. The molecular weight excluding hydrogens is 315 g/mol. The maximum Gasteiger partial charge on any atom is 0.275 e. The van der Waals surface area contributed by atoms with E-state index in [1.807, 2.05) is 19.9 Å². The molecular formula is C16H17FN4OS. The average molecular weight is 332 g/mol. The van der Waals surface area contributed by atoms with Crippen LogP contribution in [0.15, 0.2) is 35.1 Å². The Morgan fingerprint density at radius 3 is 2.96 bits per heavy atom. The average Bonchev–Trinajstić information content (AvgIpc) is 2.89. The van der Waals surface area contributed by atoms with E-state index in [1.165, 1.54) is 34.1 Å². The summed E-state index contributed by atoms with van der Waals surface area (Å²) in [6.45, 7) is 3.95. The number of nitrogens with one attached hydrogen (secondary N) is 1. The van der Waals surface area contributed by atoms with Crippen molar-refractivity contribution in [2.45, 2.75) is 32.7 Å². The van der Waals surface area contributed by atoms with Crippen LogP contribution in [0, 0.1) is 5.82 Å². The molecule has 5 nitrogen and oxygen atoms in total. The van der Waals surface area contributed by atoms with Crippen LogP contribution in [-0.2, 0) is 12.8 Å². The predicted molar refractivity (Wildman–Crippen MR) is 89.7 cm³/mol. The summed E-state index contributed by atoms with van der Waals surface area (Å²) < 4.78 is 14.5. The second kappa shape index (κ2) is 6.45. The van der Waals surface area contributed by atoms with E-state index < -0.39 is 0 Å². The minimum Gasteiger partial charge on any atom is -0.357 e. The molecule has 3 aromatic rings. The van der Waals surface area contributed by atoms with E-state index in [0.29, 0.717) is 22.9 Å². The highest BCUT2D eigenvalue weighted by molar-refractivity contribution is 7.20. The number of halogens is 1. The molecule has 0 saturated heterocycles. The molecule has 0 radical (unpaired) electrons. The second-order valence-electron chi connectivity index (χ2n) is 5.42. The van der Waals surface area contributed by atoms with E-state index in [4.69, 9.17) is 0 Å². The molecule has 2 aromatic heterocycles. The van der Waals surface area contributed by atoms with Gasteiger partial charge in [0.2, 0.25) is 10.1 Å². The third-order valence-corrected chi connectivity index (χ3v) is 4.30. The molecule has 0 aliphatic carbocycles. The number of anilines is 1. The fourth-order valence-corrected chi connectivity index (χ4v) is 3.31. The number of hydrogen-bond acceptors (Lipinski definition) is 5. The topological polar surface area (TPSA) is 59.3 Å². The molecule has 120 valence electrons. The number of benzene rings is 1. The van der Waals surface area contributed by atoms with Gasteiger partial charge in [-0.25, -0.2) is 9.37 Å². The van der Waals surface area contributed by atoms with Gasteiger partial charge in [0, 0.05) is 17.8 Å². The Morgan fingerprint density at radius 1 is 1.39 bits per heavy atom. The van der Waals surface area contributed by atoms with Crippen molar-refractivity contribution in [3.8, 4) is 0 Å². The minimum absolute atomic E-state index is 0.0544. The van der Waals surface area contributed by atoms with Gasteiger partial charge in [-0.2, -0.15) is 4.52 Å². The summed E-state index contributed by atoms with van der Waals surface area (Å²) in [5.41, 5.74) is 1.50. The van der Waals surface area contributed by atoms with Crippen LogP contribution in [-0.4, -0.2) is 20.6 Å². The molecule has 0 saturated carbocycles. The van der Waals surface area contributed by atoms with Crippen LogP contribution in [0.4, 0.5) is 9.52 Å². The number of hydrogen-bond donors (Lipinski definition) is 1. The van der Waals surface area contributed by atoms with Crippen LogP contribution < -0.4 is 10.9 Å². The van der Waals surface area contributed by atoms with Crippen molar-refractivity contribution < 1.29 is 4.39 Å². The lowest BCUT2D eigenvalue weighted by Gasteiger charge is -2.12. The van der Waals surface area contributed by atoms with Crippen LogP contribution in [0.1, 0.15) is 25.1 Å². The fraction of sp³-hybridized carbons (Fsp3) is 0.312. The molecule has 1 atom stereocenters. The fourth-order valence-electron chi connectivity index (χ4n) is 2.37. The summed E-state index contributed by atoms with van der Waals surface area (Å²) in [4.78, 5) is 17.0. The van der Waals surface area contributed by atoms with Crippen molar-refractivity contribution in [1.29, 1.82) is 0 Å². The lowest BCUT2D eigenvalue weighted by molar-refractivity contribution is 0.624. The summed E-state index contributed by atoms with van der Waals surface area (Å²) in [5, 5.41) is 8.14. The van der Waals surface area contributed by atoms with Crippen LogP contribution in [0.5, 0.6) is 0 Å². The van der Waals surface area contributed by atoms with E-state index in [-0.39, 0.29) is 17.4 Å². The molecule has 23 heavy (non-hydrogen) atoms. The van der Waals surface area contributed by atoms with E-state index in [1.54, 1.807) is 6.07 Å². The number of nitrogens with zero attached hydrogens (tertiary/aromatic N) is 3. The van der Waals surface area contributed by atoms with E-state index >= 15 is 0 Å². The number of aryl methyl sites for hydroxylation is 1. The van der Waals surface area contributed by atoms with Gasteiger partial charge in [-0.1, -0.05) is 30.4 Å². The van der Waals surface area contributed by atoms with Gasteiger partial charge in [0.25, 0.3) is 5.56 Å². The smallest absolute Gasteiger partial charge is 0.275 e. The molecule has 0 bridgehead atoms. The largest absolute Gasteiger partial charge is 0.357 e. The number of aromatic nitrogens is 3. The van der Waals surface area contributed by atoms with Crippen molar-refractivity contribution in [3.05, 3.63) is 57.8 Å². The molecule has 0 fully saturated rings. The van der Waals surface area contributed by atoms with Crippen molar-refractivity contribution in [3.63, 3.8) is 0 Å². The Balaban J connectivity index is 1.78. The maximum absolute atomic E-state index is 13.2. The van der Waals surface area contributed by atoms with Gasteiger partial charge in [0.15, 0.2) is 0 Å². The quantitative estimate of drug-likeness (QED) is 0.780. The Bertz CT molecular complexity index is 889. The zero-order valence-electron chi connectivity index (χ0n) is 12.9. The zero-order valence-corrected chi connectivity index (χ0v) is 13.7. The summed E-state index contributed by atoms with van der Waals surface area (Å²) in [6.07, 6.45) is 1.37. The lowest BCUT2D eigenvalue weighted by Crippen LogP contribution is -2.19. The Morgan fingerprint density at radius 2 is 2.22 bits per heavy atom. The van der Waals surface area contributed by atoms with Crippen LogP contribution in [0.3, 0.4) is 0 Å². The SMILES string of the molecule is CCc1cc(=O)n2nc(NC(C)Cc3cccc(F)c3)sc2n1. The highest BCUT2D eigenvalue weighted by Crippen LogP contribution is 2.18. The Hall–Kier alpha value is -2.28. The van der Waals surface area contributed by atoms with Crippen LogP contribution in [0.25, 0.3) is 4.96 Å². The zero-order chi connectivity index (χ0) is 16.4. The van der Waals surface area contributed by atoms with Crippen molar-refractivity contribution in [2.24, 2.45) is 0 Å². The first-order valence-corrected chi connectivity index (χ1v) is 8.27. The van der Waals surface area contributed by atoms with Gasteiger partial charge < -0.3 is 5.32 Å². The molecule has 0 amide bonds. The van der Waals surface area contributed by atoms with E-state index in [9.17, 15) is 9.18 Å². The molecule has 0 spiro atoms. The molecule has 7 heteroatoms. The minimum atomic E-state index is -0.238. The molecule has 1 unspecified atom stereocenters. The first-order chi connectivity index (χ1) is 11.0. The second-order valence-corrected chi connectivity index (χ2v) is 6.38. The summed E-state index contributed by atoms with van der Waals surface area (Å²) >= 11 is 1.34. The summed E-state index contributed by atoms with van der Waals surface area (Å²) in [7, 11) is 0. The number of rotatable bonds is 5. The standard InChI is InChI=1S/C16H17FN4OS/c1-3-13-9-14(22)21-16(19-13)23-15(20-21)18-10(2)7-11-5-4-6-12(17)8-11/h4-6,8-10H,3,7H2,1-2H3,(H,18,20). The van der Waals surface area contributed by atoms with Crippen molar-refractivity contribution >= 4 is 21.4 Å².